The van der Waals surface area contributed by atoms with Crippen molar-refractivity contribution in [2.45, 2.75) is 32.8 Å². The van der Waals surface area contributed by atoms with E-state index in [1.54, 1.807) is 20.8 Å². The SMILES string of the molecule is CC(C)(C)OC(=O)NCCN1C(=O)[C@@H]2[C@H](C1=O)[C@@H]1C=C[C@H]2C1. The molecule has 0 aromatic rings. The molecule has 1 heterocycles. The average molecular weight is 306 g/mol. The van der Waals surface area contributed by atoms with Crippen LogP contribution in [0.5, 0.6) is 0 Å². The molecule has 0 spiro atoms. The molecular formula is C16H22N2O4. The van der Waals surface area contributed by atoms with Crippen molar-refractivity contribution in [3.05, 3.63) is 12.2 Å². The van der Waals surface area contributed by atoms with E-state index in [4.69, 9.17) is 4.74 Å². The molecule has 22 heavy (non-hydrogen) atoms. The fraction of sp³-hybridized carbons (Fsp3) is 0.688. The maximum atomic E-state index is 12.4. The predicted molar refractivity (Wildman–Crippen MR) is 78.7 cm³/mol. The Bertz CT molecular complexity index is 519. The minimum Gasteiger partial charge on any atom is -0.444 e. The number of fused-ring (bicyclic) bond motifs is 5. The molecule has 3 rings (SSSR count). The lowest BCUT2D eigenvalue weighted by atomic mass is 9.85. The first-order chi connectivity index (χ1) is 10.3. The Morgan fingerprint density at radius 1 is 1.23 bits per heavy atom. The number of ether oxygens (including phenoxy) is 1. The Labute approximate surface area is 129 Å². The molecule has 1 saturated heterocycles. The van der Waals surface area contributed by atoms with Crippen molar-refractivity contribution in [2.24, 2.45) is 23.7 Å². The van der Waals surface area contributed by atoms with Gasteiger partial charge in [-0.15, -0.1) is 0 Å². The van der Waals surface area contributed by atoms with Crippen LogP contribution in [0.15, 0.2) is 12.2 Å². The average Bonchev–Trinajstić information content (AvgIpc) is 3.05. The van der Waals surface area contributed by atoms with E-state index < -0.39 is 11.7 Å². The van der Waals surface area contributed by atoms with Gasteiger partial charge >= 0.3 is 6.09 Å². The summed E-state index contributed by atoms with van der Waals surface area (Å²) in [6, 6.07) is 0. The van der Waals surface area contributed by atoms with Crippen molar-refractivity contribution in [3.8, 4) is 0 Å². The zero-order chi connectivity index (χ0) is 16.1. The molecular weight excluding hydrogens is 284 g/mol. The zero-order valence-corrected chi connectivity index (χ0v) is 13.2. The van der Waals surface area contributed by atoms with E-state index in [1.165, 1.54) is 4.90 Å². The van der Waals surface area contributed by atoms with Crippen LogP contribution < -0.4 is 5.32 Å². The third-order valence-electron chi connectivity index (χ3n) is 4.57. The first kappa shape index (κ1) is 15.1. The molecule has 6 nitrogen and oxygen atoms in total. The summed E-state index contributed by atoms with van der Waals surface area (Å²) in [5.41, 5.74) is -0.564. The number of likely N-dealkylation sites (tertiary alicyclic amines) is 1. The Morgan fingerprint density at radius 3 is 2.27 bits per heavy atom. The molecule has 0 aromatic heterocycles. The molecule has 1 saturated carbocycles. The van der Waals surface area contributed by atoms with Gasteiger partial charge in [-0.2, -0.15) is 0 Å². The van der Waals surface area contributed by atoms with Gasteiger partial charge in [0.1, 0.15) is 5.60 Å². The largest absolute Gasteiger partial charge is 0.444 e. The molecule has 120 valence electrons. The fourth-order valence-corrected chi connectivity index (χ4v) is 3.77. The van der Waals surface area contributed by atoms with E-state index in [0.717, 1.165) is 6.42 Å². The molecule has 0 aromatic carbocycles. The van der Waals surface area contributed by atoms with Crippen LogP contribution in [0.2, 0.25) is 0 Å². The molecule has 2 fully saturated rings. The van der Waals surface area contributed by atoms with E-state index in [0.29, 0.717) is 0 Å². The summed E-state index contributed by atoms with van der Waals surface area (Å²) in [5, 5.41) is 2.59. The van der Waals surface area contributed by atoms with Crippen molar-refractivity contribution >= 4 is 17.9 Å². The number of carbonyl (C=O) groups is 3. The van der Waals surface area contributed by atoms with Gasteiger partial charge in [-0.25, -0.2) is 4.79 Å². The normalized spacial score (nSPS) is 32.6. The Kier molecular flexibility index (Phi) is 3.50. The summed E-state index contributed by atoms with van der Waals surface area (Å²) in [5.74, 6) is -0.0886. The maximum absolute atomic E-state index is 12.4. The lowest BCUT2D eigenvalue weighted by molar-refractivity contribution is -0.140. The van der Waals surface area contributed by atoms with Crippen molar-refractivity contribution in [1.82, 2.24) is 10.2 Å². The summed E-state index contributed by atoms with van der Waals surface area (Å²) < 4.78 is 5.13. The van der Waals surface area contributed by atoms with Crippen LogP contribution in [0.25, 0.3) is 0 Å². The van der Waals surface area contributed by atoms with Crippen LogP contribution in [0.4, 0.5) is 4.79 Å². The Balaban J connectivity index is 1.53. The van der Waals surface area contributed by atoms with Crippen LogP contribution in [0, 0.1) is 23.7 Å². The summed E-state index contributed by atoms with van der Waals surface area (Å²) in [7, 11) is 0. The quantitative estimate of drug-likeness (QED) is 0.630. The standard InChI is InChI=1S/C16H22N2O4/c1-16(2,3)22-15(21)17-6-7-18-13(19)11-9-4-5-10(8-9)12(11)14(18)20/h4-5,9-12H,6-8H2,1-3H3,(H,17,21)/t9-,10+,11-,12+. The van der Waals surface area contributed by atoms with Gasteiger partial charge in [0.25, 0.3) is 0 Å². The highest BCUT2D eigenvalue weighted by molar-refractivity contribution is 6.06. The number of rotatable bonds is 3. The van der Waals surface area contributed by atoms with Crippen LogP contribution in [0.3, 0.4) is 0 Å². The van der Waals surface area contributed by atoms with E-state index in [9.17, 15) is 14.4 Å². The van der Waals surface area contributed by atoms with Crippen molar-refractivity contribution in [2.75, 3.05) is 13.1 Å². The summed E-state index contributed by atoms with van der Waals surface area (Å²) in [4.78, 5) is 37.7. The van der Waals surface area contributed by atoms with Gasteiger partial charge in [0.2, 0.25) is 11.8 Å². The fourth-order valence-electron chi connectivity index (χ4n) is 3.77. The highest BCUT2D eigenvalue weighted by Gasteiger charge is 2.58. The van der Waals surface area contributed by atoms with E-state index in [1.807, 2.05) is 0 Å². The van der Waals surface area contributed by atoms with Crippen LogP contribution >= 0.6 is 0 Å². The molecule has 0 radical (unpaired) electrons. The minimum atomic E-state index is -0.564. The van der Waals surface area contributed by atoms with Gasteiger partial charge in [0.15, 0.2) is 0 Å². The zero-order valence-electron chi connectivity index (χ0n) is 13.2. The molecule has 4 atom stereocenters. The van der Waals surface area contributed by atoms with Crippen molar-refractivity contribution in [3.63, 3.8) is 0 Å². The molecule has 3 amide bonds. The van der Waals surface area contributed by atoms with Crippen molar-refractivity contribution < 1.29 is 19.1 Å². The highest BCUT2D eigenvalue weighted by Crippen LogP contribution is 2.52. The molecule has 6 heteroatoms. The first-order valence-electron chi connectivity index (χ1n) is 7.78. The lowest BCUT2D eigenvalue weighted by Crippen LogP contribution is -2.41. The molecule has 1 aliphatic heterocycles. The van der Waals surface area contributed by atoms with Gasteiger partial charge in [0.05, 0.1) is 11.8 Å². The second kappa shape index (κ2) is 5.11. The monoisotopic (exact) mass is 306 g/mol. The summed E-state index contributed by atoms with van der Waals surface area (Å²) in [6.07, 6.45) is 4.53. The van der Waals surface area contributed by atoms with Crippen LogP contribution in [0.1, 0.15) is 27.2 Å². The number of allylic oxidation sites excluding steroid dienone is 2. The van der Waals surface area contributed by atoms with E-state index in [-0.39, 0.29) is 48.6 Å². The second-order valence-corrected chi connectivity index (χ2v) is 7.26. The highest BCUT2D eigenvalue weighted by atomic mass is 16.6. The second-order valence-electron chi connectivity index (χ2n) is 7.26. The molecule has 1 N–H and O–H groups in total. The number of hydrogen-bond acceptors (Lipinski definition) is 4. The molecule has 2 aliphatic carbocycles. The Hall–Kier alpha value is -1.85. The predicted octanol–water partition coefficient (Wildman–Crippen LogP) is 1.32. The number of amides is 3. The third kappa shape index (κ3) is 2.51. The van der Waals surface area contributed by atoms with Gasteiger partial charge < -0.3 is 10.1 Å². The lowest BCUT2D eigenvalue weighted by Gasteiger charge is -2.21. The number of nitrogens with zero attached hydrogens (tertiary/aromatic N) is 1. The number of alkyl carbamates (subject to hydrolysis) is 1. The molecule has 2 bridgehead atoms. The molecule has 3 aliphatic rings. The number of nitrogens with one attached hydrogen (secondary N) is 1. The first-order valence-corrected chi connectivity index (χ1v) is 7.78. The molecule has 0 unspecified atom stereocenters. The van der Waals surface area contributed by atoms with Gasteiger partial charge in [-0.3, -0.25) is 14.5 Å². The number of imide groups is 1. The smallest absolute Gasteiger partial charge is 0.407 e. The van der Waals surface area contributed by atoms with Gasteiger partial charge in [-0.05, 0) is 39.0 Å². The third-order valence-corrected chi connectivity index (χ3v) is 4.57. The summed E-state index contributed by atoms with van der Waals surface area (Å²) >= 11 is 0. The van der Waals surface area contributed by atoms with Crippen LogP contribution in [-0.4, -0.2) is 41.5 Å². The maximum Gasteiger partial charge on any atom is 0.407 e. The Morgan fingerprint density at radius 2 is 1.77 bits per heavy atom. The number of hydrogen-bond donors (Lipinski definition) is 1. The van der Waals surface area contributed by atoms with Gasteiger partial charge in [0, 0.05) is 13.1 Å². The van der Waals surface area contributed by atoms with Gasteiger partial charge in [-0.1, -0.05) is 12.2 Å². The topological polar surface area (TPSA) is 75.7 Å². The number of carbonyl (C=O) groups excluding carboxylic acids is 3. The minimum absolute atomic E-state index is 0.0853. The van der Waals surface area contributed by atoms with E-state index >= 15 is 0 Å². The van der Waals surface area contributed by atoms with Crippen molar-refractivity contribution in [1.29, 1.82) is 0 Å². The summed E-state index contributed by atoms with van der Waals surface area (Å²) in [6.45, 7) is 5.77. The van der Waals surface area contributed by atoms with Crippen LogP contribution in [-0.2, 0) is 14.3 Å². The van der Waals surface area contributed by atoms with E-state index in [2.05, 4.69) is 17.5 Å².